The number of rotatable bonds is 0. The number of aromatic amines is 1. The van der Waals surface area contributed by atoms with E-state index in [1.807, 2.05) is 43.4 Å². The number of halogens is 1. The molecule has 0 aliphatic rings. The van der Waals surface area contributed by atoms with Gasteiger partial charge in [0.1, 0.15) is 0 Å². The molecule has 0 fully saturated rings. The molecule has 2 rings (SSSR count). The van der Waals surface area contributed by atoms with Crippen LogP contribution in [0, 0.1) is 12.0 Å². The third-order valence-corrected chi connectivity index (χ3v) is 2.12. The third-order valence-electron chi connectivity index (χ3n) is 2.12. The second-order valence-electron chi connectivity index (χ2n) is 3.64. The second-order valence-corrected chi connectivity index (χ2v) is 3.64. The summed E-state index contributed by atoms with van der Waals surface area (Å²) in [6.07, 6.45) is 1.90. The Balaban J connectivity index is 0.00000128. The quantitative estimate of drug-likeness (QED) is 0.417. The smallest absolute Gasteiger partial charge is 0.0518 e. The monoisotopic (exact) mass is 235 g/mol. The Kier molecular flexibility index (Phi) is 3.70. The lowest BCUT2D eigenvalue weighted by atomic mass is 10.1. The molecule has 0 saturated heterocycles. The molecule has 0 unspecified atom stereocenters. The Morgan fingerprint density at radius 2 is 2.06 bits per heavy atom. The predicted molar refractivity (Wildman–Crippen MR) is 70.5 cm³/mol. The minimum absolute atomic E-state index is 0. The van der Waals surface area contributed by atoms with Crippen molar-refractivity contribution in [2.75, 3.05) is 19.8 Å². The van der Waals surface area contributed by atoms with Gasteiger partial charge in [0.15, 0.2) is 0 Å². The summed E-state index contributed by atoms with van der Waals surface area (Å²) in [5, 5.41) is 1.07. The molecule has 0 atom stereocenters. The summed E-state index contributed by atoms with van der Waals surface area (Å²) in [5.74, 6) is 3.08. The summed E-state index contributed by atoms with van der Waals surface area (Å²) in [7, 11) is 3.83. The molecule has 1 aromatic heterocycles. The molecule has 16 heavy (non-hydrogen) atoms. The van der Waals surface area contributed by atoms with Crippen molar-refractivity contribution >= 4 is 29.0 Å². The number of hydrogen-bond acceptors (Lipinski definition) is 2. The summed E-state index contributed by atoms with van der Waals surface area (Å²) in [6, 6.07) is 8.76. The Bertz CT molecular complexity index is 546. The molecule has 3 N–H and O–H groups in total. The van der Waals surface area contributed by atoms with E-state index in [1.165, 1.54) is 0 Å². The van der Waals surface area contributed by atoms with Gasteiger partial charge in [-0.3, -0.25) is 0 Å². The zero-order valence-corrected chi connectivity index (χ0v) is 10.1. The summed E-state index contributed by atoms with van der Waals surface area (Å²) in [4.78, 5) is 4.99. The van der Waals surface area contributed by atoms with Crippen molar-refractivity contribution in [1.82, 2.24) is 9.88 Å². The molecule has 0 radical (unpaired) electrons. The maximum atomic E-state index is 5.74. The van der Waals surface area contributed by atoms with Crippen molar-refractivity contribution in [2.45, 2.75) is 0 Å². The van der Waals surface area contributed by atoms with Gasteiger partial charge in [0.25, 0.3) is 0 Å². The first kappa shape index (κ1) is 12.3. The van der Waals surface area contributed by atoms with Crippen LogP contribution in [0.4, 0.5) is 5.69 Å². The van der Waals surface area contributed by atoms with Gasteiger partial charge in [0.05, 0.1) is 5.56 Å². The van der Waals surface area contributed by atoms with Gasteiger partial charge >= 0.3 is 0 Å². The van der Waals surface area contributed by atoms with Crippen molar-refractivity contribution in [2.24, 2.45) is 0 Å². The van der Waals surface area contributed by atoms with E-state index in [1.54, 1.807) is 0 Å². The average Bonchev–Trinajstić information content (AvgIpc) is 2.57. The standard InChI is InChI=1S/C12H13N3.ClH/c1-15(2)6-5-9-8-14-12-4-3-10(13)7-11(9)12;/h3-4,7-8,14H,13H2,1-2H3;1H. The van der Waals surface area contributed by atoms with E-state index < -0.39 is 0 Å². The van der Waals surface area contributed by atoms with Crippen molar-refractivity contribution in [1.29, 1.82) is 0 Å². The van der Waals surface area contributed by atoms with Crippen LogP contribution in [-0.4, -0.2) is 24.0 Å². The minimum atomic E-state index is 0. The SMILES string of the molecule is CN(C)C#Cc1c[nH]c2ccc(N)cc12.Cl. The molecule has 0 aliphatic carbocycles. The van der Waals surface area contributed by atoms with Gasteiger partial charge in [-0.25, -0.2) is 0 Å². The molecule has 1 aromatic carbocycles. The highest BCUT2D eigenvalue weighted by molar-refractivity contribution is 5.88. The molecule has 0 spiro atoms. The first-order chi connectivity index (χ1) is 7.16. The number of nitrogen functional groups attached to an aromatic ring is 1. The Morgan fingerprint density at radius 1 is 1.31 bits per heavy atom. The minimum Gasteiger partial charge on any atom is -0.399 e. The number of hydrogen-bond donors (Lipinski definition) is 2. The summed E-state index contributed by atoms with van der Waals surface area (Å²) in [6.45, 7) is 0. The van der Waals surface area contributed by atoms with Crippen molar-refractivity contribution < 1.29 is 0 Å². The highest BCUT2D eigenvalue weighted by Gasteiger charge is 2.00. The zero-order chi connectivity index (χ0) is 10.8. The number of nitrogens with two attached hydrogens (primary N) is 1. The lowest BCUT2D eigenvalue weighted by Gasteiger charge is -1.97. The van der Waals surface area contributed by atoms with Gasteiger partial charge in [-0.05, 0) is 24.1 Å². The highest BCUT2D eigenvalue weighted by Crippen LogP contribution is 2.19. The number of aromatic nitrogens is 1. The molecule has 4 heteroatoms. The van der Waals surface area contributed by atoms with E-state index in [2.05, 4.69) is 16.9 Å². The van der Waals surface area contributed by atoms with Crippen LogP contribution in [0.5, 0.6) is 0 Å². The molecular weight excluding hydrogens is 222 g/mol. The fraction of sp³-hybridized carbons (Fsp3) is 0.167. The summed E-state index contributed by atoms with van der Waals surface area (Å²) in [5.41, 5.74) is 8.53. The molecule has 0 bridgehead atoms. The molecule has 3 nitrogen and oxygen atoms in total. The van der Waals surface area contributed by atoms with E-state index in [4.69, 9.17) is 5.73 Å². The number of anilines is 1. The fourth-order valence-corrected chi connectivity index (χ4v) is 1.41. The van der Waals surface area contributed by atoms with E-state index in [0.29, 0.717) is 0 Å². The van der Waals surface area contributed by atoms with E-state index in [0.717, 1.165) is 22.2 Å². The first-order valence-corrected chi connectivity index (χ1v) is 4.72. The Hall–Kier alpha value is -1.79. The van der Waals surface area contributed by atoms with Crippen molar-refractivity contribution in [3.05, 3.63) is 30.0 Å². The predicted octanol–water partition coefficient (Wildman–Crippen LogP) is 2.04. The lowest BCUT2D eigenvalue weighted by molar-refractivity contribution is 0.597. The van der Waals surface area contributed by atoms with Crippen LogP contribution in [-0.2, 0) is 0 Å². The molecule has 0 aliphatic heterocycles. The topological polar surface area (TPSA) is 45.0 Å². The van der Waals surface area contributed by atoms with Gasteiger partial charge in [0, 0.05) is 42.9 Å². The summed E-state index contributed by atoms with van der Waals surface area (Å²) >= 11 is 0. The van der Waals surface area contributed by atoms with Gasteiger partial charge in [-0.1, -0.05) is 0 Å². The third kappa shape index (κ3) is 2.41. The number of nitrogens with zero attached hydrogens (tertiary/aromatic N) is 1. The molecular formula is C12H14ClN3. The Labute approximate surface area is 101 Å². The molecule has 84 valence electrons. The maximum absolute atomic E-state index is 5.74. The van der Waals surface area contributed by atoms with Crippen LogP contribution >= 0.6 is 12.4 Å². The van der Waals surface area contributed by atoms with Crippen LogP contribution < -0.4 is 5.73 Å². The van der Waals surface area contributed by atoms with Gasteiger partial charge in [-0.15, -0.1) is 12.4 Å². The number of benzene rings is 1. The Morgan fingerprint density at radius 3 is 2.75 bits per heavy atom. The van der Waals surface area contributed by atoms with Crippen LogP contribution in [0.25, 0.3) is 10.9 Å². The van der Waals surface area contributed by atoms with E-state index in [9.17, 15) is 0 Å². The molecule has 0 amide bonds. The first-order valence-electron chi connectivity index (χ1n) is 4.72. The van der Waals surface area contributed by atoms with Gasteiger partial charge < -0.3 is 15.6 Å². The van der Waals surface area contributed by atoms with Crippen molar-refractivity contribution in [3.8, 4) is 12.0 Å². The number of fused-ring (bicyclic) bond motifs is 1. The fourth-order valence-electron chi connectivity index (χ4n) is 1.41. The zero-order valence-electron chi connectivity index (χ0n) is 9.24. The van der Waals surface area contributed by atoms with Crippen LogP contribution in [0.3, 0.4) is 0 Å². The van der Waals surface area contributed by atoms with Crippen molar-refractivity contribution in [3.63, 3.8) is 0 Å². The second kappa shape index (κ2) is 4.82. The maximum Gasteiger partial charge on any atom is 0.0518 e. The average molecular weight is 236 g/mol. The van der Waals surface area contributed by atoms with E-state index in [-0.39, 0.29) is 12.4 Å². The molecule has 0 saturated carbocycles. The number of H-pyrrole nitrogens is 1. The van der Waals surface area contributed by atoms with Crippen LogP contribution in [0.2, 0.25) is 0 Å². The molecule has 1 heterocycles. The van der Waals surface area contributed by atoms with Crippen LogP contribution in [0.1, 0.15) is 5.56 Å². The summed E-state index contributed by atoms with van der Waals surface area (Å²) < 4.78 is 0. The normalized spacial score (nSPS) is 9.12. The lowest BCUT2D eigenvalue weighted by Crippen LogP contribution is -2.00. The van der Waals surface area contributed by atoms with E-state index >= 15 is 0 Å². The van der Waals surface area contributed by atoms with Gasteiger partial charge in [0.2, 0.25) is 0 Å². The number of nitrogens with one attached hydrogen (secondary N) is 1. The largest absolute Gasteiger partial charge is 0.399 e. The van der Waals surface area contributed by atoms with Gasteiger partial charge in [-0.2, -0.15) is 0 Å². The highest BCUT2D eigenvalue weighted by atomic mass is 35.5. The van der Waals surface area contributed by atoms with Crippen LogP contribution in [0.15, 0.2) is 24.4 Å². The molecule has 2 aromatic rings.